The molecule has 6 heteroatoms. The number of aryl methyl sites for hydroxylation is 2. The number of hydrogen-bond donors (Lipinski definition) is 1. The molecule has 1 amide bonds. The predicted molar refractivity (Wildman–Crippen MR) is 134 cm³/mol. The molecule has 0 aliphatic heterocycles. The highest BCUT2D eigenvalue weighted by Gasteiger charge is 2.27. The van der Waals surface area contributed by atoms with Crippen LogP contribution in [0.15, 0.2) is 77.7 Å². The van der Waals surface area contributed by atoms with Crippen LogP contribution in [0.3, 0.4) is 0 Å². The monoisotopic (exact) mass is 464 g/mol. The summed E-state index contributed by atoms with van der Waals surface area (Å²) < 4.78 is 28.1. The number of benzene rings is 3. The standard InChI is InChI=1S/C27H32N2O3S/c1-19(2)23-12-14-24(15-13-23)29(33(31,32)25-9-7-6-8-10-25)18-27(30)28-22(5)26-16-11-20(3)17-21(26)4/h6-17,19,22H,18H2,1-5H3,(H,28,30). The van der Waals surface area contributed by atoms with Crippen LogP contribution in [-0.4, -0.2) is 20.9 Å². The average molecular weight is 465 g/mol. The summed E-state index contributed by atoms with van der Waals surface area (Å²) in [5.74, 6) is -0.0463. The molecule has 0 spiro atoms. The molecule has 0 bridgehead atoms. The van der Waals surface area contributed by atoms with Gasteiger partial charge in [-0.2, -0.15) is 0 Å². The Hall–Kier alpha value is -3.12. The molecular formula is C27H32N2O3S. The first-order chi connectivity index (χ1) is 15.6. The van der Waals surface area contributed by atoms with Crippen LogP contribution >= 0.6 is 0 Å². The van der Waals surface area contributed by atoms with Gasteiger partial charge in [-0.1, -0.05) is 67.9 Å². The molecule has 3 aromatic carbocycles. The van der Waals surface area contributed by atoms with Crippen molar-refractivity contribution in [2.45, 2.75) is 51.5 Å². The summed E-state index contributed by atoms with van der Waals surface area (Å²) in [6.45, 7) is 9.78. The van der Waals surface area contributed by atoms with Crippen LogP contribution in [0.4, 0.5) is 5.69 Å². The van der Waals surface area contributed by atoms with Crippen molar-refractivity contribution in [2.75, 3.05) is 10.8 Å². The second-order valence-corrected chi connectivity index (χ2v) is 10.6. The van der Waals surface area contributed by atoms with Crippen molar-refractivity contribution in [1.82, 2.24) is 5.32 Å². The Morgan fingerprint density at radius 3 is 2.12 bits per heavy atom. The van der Waals surface area contributed by atoms with Crippen molar-refractivity contribution >= 4 is 21.6 Å². The topological polar surface area (TPSA) is 66.5 Å². The van der Waals surface area contributed by atoms with Crippen LogP contribution in [0.5, 0.6) is 0 Å². The summed E-state index contributed by atoms with van der Waals surface area (Å²) in [7, 11) is -3.92. The Morgan fingerprint density at radius 2 is 1.55 bits per heavy atom. The Balaban J connectivity index is 1.90. The van der Waals surface area contributed by atoms with E-state index in [1.165, 1.54) is 4.31 Å². The molecule has 1 N–H and O–H groups in total. The van der Waals surface area contributed by atoms with Gasteiger partial charge in [0.15, 0.2) is 0 Å². The van der Waals surface area contributed by atoms with Crippen LogP contribution < -0.4 is 9.62 Å². The molecule has 5 nitrogen and oxygen atoms in total. The van der Waals surface area contributed by atoms with E-state index < -0.39 is 10.0 Å². The minimum atomic E-state index is -3.92. The summed E-state index contributed by atoms with van der Waals surface area (Å²) in [5.41, 5.74) is 4.80. The quantitative estimate of drug-likeness (QED) is 0.479. The van der Waals surface area contributed by atoms with E-state index in [0.717, 1.165) is 22.3 Å². The Bertz CT molecular complexity index is 1200. The fraction of sp³-hybridized carbons (Fsp3) is 0.296. The zero-order chi connectivity index (χ0) is 24.2. The maximum Gasteiger partial charge on any atom is 0.264 e. The molecular weight excluding hydrogens is 432 g/mol. The number of nitrogens with zero attached hydrogens (tertiary/aromatic N) is 1. The van der Waals surface area contributed by atoms with Gasteiger partial charge in [-0.15, -0.1) is 0 Å². The minimum Gasteiger partial charge on any atom is -0.348 e. The number of nitrogens with one attached hydrogen (secondary N) is 1. The number of anilines is 1. The van der Waals surface area contributed by atoms with Crippen molar-refractivity contribution in [1.29, 1.82) is 0 Å². The lowest BCUT2D eigenvalue weighted by Gasteiger charge is -2.26. The lowest BCUT2D eigenvalue weighted by molar-refractivity contribution is -0.120. The van der Waals surface area contributed by atoms with Gasteiger partial charge in [-0.05, 0) is 67.6 Å². The molecule has 1 unspecified atom stereocenters. The van der Waals surface area contributed by atoms with Crippen LogP contribution in [0.1, 0.15) is 55.0 Å². The molecule has 0 radical (unpaired) electrons. The first-order valence-electron chi connectivity index (χ1n) is 11.1. The summed E-state index contributed by atoms with van der Waals surface area (Å²) in [6.07, 6.45) is 0. The lowest BCUT2D eigenvalue weighted by atomic mass is 10.0. The van der Waals surface area contributed by atoms with Gasteiger partial charge in [0.1, 0.15) is 6.54 Å². The van der Waals surface area contributed by atoms with Gasteiger partial charge in [-0.25, -0.2) is 8.42 Å². The fourth-order valence-corrected chi connectivity index (χ4v) is 5.31. The van der Waals surface area contributed by atoms with Crippen molar-refractivity contribution in [3.63, 3.8) is 0 Å². The van der Waals surface area contributed by atoms with Crippen molar-refractivity contribution in [3.05, 3.63) is 95.1 Å². The zero-order valence-corrected chi connectivity index (χ0v) is 20.7. The number of rotatable bonds is 8. The number of amides is 1. The molecule has 33 heavy (non-hydrogen) atoms. The molecule has 3 rings (SSSR count). The van der Waals surface area contributed by atoms with Crippen LogP contribution in [0.25, 0.3) is 0 Å². The fourth-order valence-electron chi connectivity index (χ4n) is 3.87. The SMILES string of the molecule is Cc1ccc(C(C)NC(=O)CN(c2ccc(C(C)C)cc2)S(=O)(=O)c2ccccc2)c(C)c1. The van der Waals surface area contributed by atoms with E-state index in [2.05, 4.69) is 25.2 Å². The van der Waals surface area contributed by atoms with Crippen molar-refractivity contribution < 1.29 is 13.2 Å². The van der Waals surface area contributed by atoms with Gasteiger partial charge in [-0.3, -0.25) is 9.10 Å². The van der Waals surface area contributed by atoms with E-state index in [9.17, 15) is 13.2 Å². The molecule has 0 aliphatic rings. The molecule has 0 fully saturated rings. The third kappa shape index (κ3) is 5.82. The van der Waals surface area contributed by atoms with Crippen LogP contribution in [0, 0.1) is 13.8 Å². The van der Waals surface area contributed by atoms with E-state index in [4.69, 9.17) is 0 Å². The van der Waals surface area contributed by atoms with E-state index in [-0.39, 0.29) is 23.4 Å². The predicted octanol–water partition coefficient (Wildman–Crippen LogP) is 5.50. The molecule has 3 aromatic rings. The highest BCUT2D eigenvalue weighted by molar-refractivity contribution is 7.92. The maximum absolute atomic E-state index is 13.5. The second kappa shape index (κ2) is 10.2. The largest absolute Gasteiger partial charge is 0.348 e. The molecule has 0 heterocycles. The van der Waals surface area contributed by atoms with Gasteiger partial charge in [0.05, 0.1) is 16.6 Å². The van der Waals surface area contributed by atoms with Crippen molar-refractivity contribution in [3.8, 4) is 0 Å². The number of carbonyl (C=O) groups excluding carboxylic acids is 1. The molecule has 1 atom stereocenters. The van der Waals surface area contributed by atoms with Crippen LogP contribution in [0.2, 0.25) is 0 Å². The summed E-state index contributed by atoms with van der Waals surface area (Å²) in [6, 6.07) is 21.4. The van der Waals surface area contributed by atoms with Crippen LogP contribution in [-0.2, 0) is 14.8 Å². The highest BCUT2D eigenvalue weighted by Crippen LogP contribution is 2.26. The molecule has 0 saturated carbocycles. The minimum absolute atomic E-state index is 0.146. The van der Waals surface area contributed by atoms with Gasteiger partial charge >= 0.3 is 0 Å². The smallest absolute Gasteiger partial charge is 0.264 e. The molecule has 0 saturated heterocycles. The van der Waals surface area contributed by atoms with E-state index in [0.29, 0.717) is 11.6 Å². The first-order valence-corrected chi connectivity index (χ1v) is 12.6. The Labute approximate surface area is 197 Å². The van der Waals surface area contributed by atoms with E-state index in [1.807, 2.05) is 45.0 Å². The Morgan fingerprint density at radius 1 is 0.909 bits per heavy atom. The summed E-state index contributed by atoms with van der Waals surface area (Å²) >= 11 is 0. The van der Waals surface area contributed by atoms with Gasteiger partial charge < -0.3 is 5.32 Å². The average Bonchev–Trinajstić information content (AvgIpc) is 2.78. The maximum atomic E-state index is 13.5. The third-order valence-corrected chi connectivity index (χ3v) is 7.52. The lowest BCUT2D eigenvalue weighted by Crippen LogP contribution is -2.41. The first kappa shape index (κ1) is 24.5. The molecule has 0 aliphatic carbocycles. The molecule has 174 valence electrons. The molecule has 0 aromatic heterocycles. The number of sulfonamides is 1. The third-order valence-electron chi connectivity index (χ3n) is 5.74. The summed E-state index contributed by atoms with van der Waals surface area (Å²) in [5, 5.41) is 2.96. The van der Waals surface area contributed by atoms with Crippen molar-refractivity contribution in [2.24, 2.45) is 0 Å². The van der Waals surface area contributed by atoms with Gasteiger partial charge in [0, 0.05) is 0 Å². The number of carbonyl (C=O) groups is 1. The summed E-state index contributed by atoms with van der Waals surface area (Å²) in [4.78, 5) is 13.2. The van der Waals surface area contributed by atoms with Gasteiger partial charge in [0.2, 0.25) is 5.91 Å². The Kier molecular flexibility index (Phi) is 7.59. The second-order valence-electron chi connectivity index (χ2n) is 8.72. The van der Waals surface area contributed by atoms with E-state index in [1.54, 1.807) is 42.5 Å². The van der Waals surface area contributed by atoms with Gasteiger partial charge in [0.25, 0.3) is 10.0 Å². The highest BCUT2D eigenvalue weighted by atomic mass is 32.2. The zero-order valence-electron chi connectivity index (χ0n) is 19.9. The van der Waals surface area contributed by atoms with E-state index >= 15 is 0 Å². The number of hydrogen-bond acceptors (Lipinski definition) is 3. The normalized spacial score (nSPS) is 12.4.